The molecule has 2 unspecified atom stereocenters. The van der Waals surface area contributed by atoms with Gasteiger partial charge in [0.25, 0.3) is 0 Å². The summed E-state index contributed by atoms with van der Waals surface area (Å²) in [7, 11) is 0. The number of nitrogens with one attached hydrogen (secondary N) is 1. The average Bonchev–Trinajstić information content (AvgIpc) is 2.25. The second-order valence-corrected chi connectivity index (χ2v) is 4.10. The Bertz CT molecular complexity index is 409. The molecule has 0 aliphatic carbocycles. The minimum absolute atomic E-state index is 0.00956. The van der Waals surface area contributed by atoms with E-state index in [0.29, 0.717) is 5.56 Å². The van der Waals surface area contributed by atoms with Crippen molar-refractivity contribution in [3.05, 3.63) is 35.4 Å². The number of hydrogen-bond donors (Lipinski definition) is 2. The first-order valence-corrected chi connectivity index (χ1v) is 5.48. The Balaban J connectivity index is 2.95. The smallest absolute Gasteiger partial charge is 0.217 e. The predicted molar refractivity (Wildman–Crippen MR) is 64.7 cm³/mol. The van der Waals surface area contributed by atoms with Crippen LogP contribution in [-0.2, 0) is 4.79 Å². The molecule has 4 nitrogen and oxygen atoms in total. The summed E-state index contributed by atoms with van der Waals surface area (Å²) in [4.78, 5) is 22.1. The van der Waals surface area contributed by atoms with E-state index in [2.05, 4.69) is 5.32 Å². The summed E-state index contributed by atoms with van der Waals surface area (Å²) >= 11 is 0. The number of rotatable bonds is 4. The van der Waals surface area contributed by atoms with Crippen molar-refractivity contribution in [2.45, 2.75) is 32.9 Å². The van der Waals surface area contributed by atoms with E-state index >= 15 is 0 Å². The number of carbonyl (C=O) groups excluding carboxylic acids is 2. The number of aliphatic hydroxyl groups excluding tert-OH is 1. The molecule has 0 fully saturated rings. The Morgan fingerprint density at radius 2 is 1.71 bits per heavy atom. The summed E-state index contributed by atoms with van der Waals surface area (Å²) < 4.78 is 0. The van der Waals surface area contributed by atoms with Gasteiger partial charge in [-0.1, -0.05) is 24.3 Å². The van der Waals surface area contributed by atoms with E-state index in [4.69, 9.17) is 0 Å². The third-order valence-electron chi connectivity index (χ3n) is 2.52. The van der Waals surface area contributed by atoms with Crippen LogP contribution < -0.4 is 5.32 Å². The molecule has 2 atom stereocenters. The number of ketones is 1. The fourth-order valence-electron chi connectivity index (χ4n) is 1.63. The van der Waals surface area contributed by atoms with E-state index in [-0.39, 0.29) is 11.7 Å². The molecule has 2 N–H and O–H groups in total. The molecule has 1 aromatic rings. The SMILES string of the molecule is CC(=O)NC(c1ccc(C(C)=O)cc1)C(C)O. The molecule has 0 aliphatic heterocycles. The lowest BCUT2D eigenvalue weighted by molar-refractivity contribution is -0.120. The zero-order valence-electron chi connectivity index (χ0n) is 10.2. The molecular weight excluding hydrogens is 218 g/mol. The van der Waals surface area contributed by atoms with Crippen molar-refractivity contribution >= 4 is 11.7 Å². The summed E-state index contributed by atoms with van der Waals surface area (Å²) in [5.41, 5.74) is 1.39. The highest BCUT2D eigenvalue weighted by molar-refractivity contribution is 5.94. The standard InChI is InChI=1S/C13H17NO3/c1-8(15)11-4-6-12(7-5-11)13(9(2)16)14-10(3)17/h4-7,9,13,16H,1-3H3,(H,14,17). The van der Waals surface area contributed by atoms with E-state index in [0.717, 1.165) is 5.56 Å². The van der Waals surface area contributed by atoms with Crippen molar-refractivity contribution in [1.29, 1.82) is 0 Å². The molecule has 0 aliphatic rings. The van der Waals surface area contributed by atoms with Crippen LogP contribution in [0, 0.1) is 0 Å². The Kier molecular flexibility index (Phi) is 4.40. The van der Waals surface area contributed by atoms with Crippen molar-refractivity contribution in [2.24, 2.45) is 0 Å². The maximum Gasteiger partial charge on any atom is 0.217 e. The number of amides is 1. The lowest BCUT2D eigenvalue weighted by Gasteiger charge is -2.21. The topological polar surface area (TPSA) is 66.4 Å². The molecule has 0 saturated heterocycles. The van der Waals surface area contributed by atoms with E-state index in [1.165, 1.54) is 13.8 Å². The van der Waals surface area contributed by atoms with Gasteiger partial charge >= 0.3 is 0 Å². The lowest BCUT2D eigenvalue weighted by atomic mass is 10.00. The summed E-state index contributed by atoms with van der Waals surface area (Å²) in [6, 6.07) is 6.41. The van der Waals surface area contributed by atoms with E-state index < -0.39 is 12.1 Å². The summed E-state index contributed by atoms with van der Waals surface area (Å²) in [6.07, 6.45) is -0.693. The van der Waals surface area contributed by atoms with E-state index in [9.17, 15) is 14.7 Å². The van der Waals surface area contributed by atoms with Crippen LogP contribution in [0.3, 0.4) is 0 Å². The number of aliphatic hydroxyl groups is 1. The second kappa shape index (κ2) is 5.59. The van der Waals surface area contributed by atoms with Crippen LogP contribution in [0.15, 0.2) is 24.3 Å². The largest absolute Gasteiger partial charge is 0.391 e. The predicted octanol–water partition coefficient (Wildman–Crippen LogP) is 1.45. The molecule has 1 aromatic carbocycles. The van der Waals surface area contributed by atoms with Crippen LogP contribution in [0.2, 0.25) is 0 Å². The van der Waals surface area contributed by atoms with Gasteiger partial charge in [-0.2, -0.15) is 0 Å². The van der Waals surface area contributed by atoms with Crippen LogP contribution in [-0.4, -0.2) is 22.9 Å². The van der Waals surface area contributed by atoms with Gasteiger partial charge in [0.15, 0.2) is 5.78 Å². The third-order valence-corrected chi connectivity index (χ3v) is 2.52. The van der Waals surface area contributed by atoms with Gasteiger partial charge in [-0.15, -0.1) is 0 Å². The molecular formula is C13H17NO3. The Morgan fingerprint density at radius 3 is 2.06 bits per heavy atom. The fourth-order valence-corrected chi connectivity index (χ4v) is 1.63. The third kappa shape index (κ3) is 3.67. The first-order valence-electron chi connectivity index (χ1n) is 5.48. The first-order chi connectivity index (χ1) is 7.91. The normalized spacial score (nSPS) is 13.9. The lowest BCUT2D eigenvalue weighted by Crippen LogP contribution is -2.33. The first kappa shape index (κ1) is 13.4. The molecule has 0 saturated carbocycles. The van der Waals surface area contributed by atoms with Gasteiger partial charge in [-0.3, -0.25) is 9.59 Å². The number of carbonyl (C=O) groups is 2. The summed E-state index contributed by atoms with van der Waals surface area (Å²) in [5, 5.41) is 12.3. The molecule has 0 heterocycles. The average molecular weight is 235 g/mol. The zero-order valence-corrected chi connectivity index (χ0v) is 10.2. The zero-order chi connectivity index (χ0) is 13.0. The van der Waals surface area contributed by atoms with Crippen LogP contribution in [0.1, 0.15) is 42.7 Å². The molecule has 92 valence electrons. The van der Waals surface area contributed by atoms with Gasteiger partial charge < -0.3 is 10.4 Å². The molecule has 17 heavy (non-hydrogen) atoms. The second-order valence-electron chi connectivity index (χ2n) is 4.10. The van der Waals surface area contributed by atoms with Gasteiger partial charge in [-0.25, -0.2) is 0 Å². The summed E-state index contributed by atoms with van der Waals surface area (Å²) in [5.74, 6) is -0.212. The quantitative estimate of drug-likeness (QED) is 0.776. The van der Waals surface area contributed by atoms with Gasteiger partial charge in [0, 0.05) is 12.5 Å². The van der Waals surface area contributed by atoms with Crippen LogP contribution >= 0.6 is 0 Å². The molecule has 1 amide bonds. The minimum Gasteiger partial charge on any atom is -0.391 e. The highest BCUT2D eigenvalue weighted by Gasteiger charge is 2.18. The van der Waals surface area contributed by atoms with Gasteiger partial charge in [0.2, 0.25) is 5.91 Å². The molecule has 4 heteroatoms. The highest BCUT2D eigenvalue weighted by atomic mass is 16.3. The van der Waals surface area contributed by atoms with Crippen LogP contribution in [0.5, 0.6) is 0 Å². The Hall–Kier alpha value is -1.68. The Labute approximate surface area is 101 Å². The van der Waals surface area contributed by atoms with Crippen LogP contribution in [0.4, 0.5) is 0 Å². The number of Topliss-reactive ketones (excluding diaryl/α,β-unsaturated/α-hetero) is 1. The van der Waals surface area contributed by atoms with Crippen molar-refractivity contribution in [3.8, 4) is 0 Å². The maximum absolute atomic E-state index is 11.1. The van der Waals surface area contributed by atoms with Crippen molar-refractivity contribution in [2.75, 3.05) is 0 Å². The minimum atomic E-state index is -0.693. The van der Waals surface area contributed by atoms with Gasteiger partial charge in [-0.05, 0) is 19.4 Å². The van der Waals surface area contributed by atoms with Crippen molar-refractivity contribution in [1.82, 2.24) is 5.32 Å². The summed E-state index contributed by atoms with van der Waals surface area (Å²) in [6.45, 7) is 4.51. The number of benzene rings is 1. The molecule has 0 aromatic heterocycles. The highest BCUT2D eigenvalue weighted by Crippen LogP contribution is 2.18. The molecule has 1 rings (SSSR count). The fraction of sp³-hybridized carbons (Fsp3) is 0.385. The Morgan fingerprint density at radius 1 is 1.18 bits per heavy atom. The van der Waals surface area contributed by atoms with Gasteiger partial charge in [0.1, 0.15) is 0 Å². The van der Waals surface area contributed by atoms with E-state index in [1.54, 1.807) is 31.2 Å². The van der Waals surface area contributed by atoms with Crippen molar-refractivity contribution < 1.29 is 14.7 Å². The molecule has 0 spiro atoms. The molecule has 0 radical (unpaired) electrons. The monoisotopic (exact) mass is 235 g/mol. The van der Waals surface area contributed by atoms with E-state index in [1.807, 2.05) is 0 Å². The van der Waals surface area contributed by atoms with Gasteiger partial charge in [0.05, 0.1) is 12.1 Å². The molecule has 0 bridgehead atoms. The maximum atomic E-state index is 11.1. The van der Waals surface area contributed by atoms with Crippen LogP contribution in [0.25, 0.3) is 0 Å². The number of hydrogen-bond acceptors (Lipinski definition) is 3. The van der Waals surface area contributed by atoms with Crippen molar-refractivity contribution in [3.63, 3.8) is 0 Å².